The first-order chi connectivity index (χ1) is 11.5. The van der Waals surface area contributed by atoms with Gasteiger partial charge in [0.2, 0.25) is 0 Å². The van der Waals surface area contributed by atoms with Crippen LogP contribution >= 0.6 is 0 Å². The summed E-state index contributed by atoms with van der Waals surface area (Å²) in [7, 11) is 1.40. The second kappa shape index (κ2) is 7.73. The van der Waals surface area contributed by atoms with Gasteiger partial charge in [0.05, 0.1) is 18.9 Å². The fraction of sp³-hybridized carbons (Fsp3) is 0.0625. The third kappa shape index (κ3) is 4.54. The molecule has 2 amide bonds. The van der Waals surface area contributed by atoms with E-state index in [1.54, 1.807) is 12.1 Å². The summed E-state index contributed by atoms with van der Waals surface area (Å²) >= 11 is 0. The van der Waals surface area contributed by atoms with Gasteiger partial charge in [-0.2, -0.15) is 5.10 Å². The van der Waals surface area contributed by atoms with E-state index in [-0.39, 0.29) is 17.1 Å². The number of urea groups is 1. The molecule has 2 rings (SSSR count). The van der Waals surface area contributed by atoms with Crippen molar-refractivity contribution in [3.63, 3.8) is 0 Å². The molecule has 0 saturated carbocycles. The Balaban J connectivity index is 2.17. The number of benzene rings is 2. The predicted octanol–water partition coefficient (Wildman–Crippen LogP) is 2.06. The van der Waals surface area contributed by atoms with Crippen LogP contribution in [0.15, 0.2) is 47.6 Å². The summed E-state index contributed by atoms with van der Waals surface area (Å²) in [6.07, 6.45) is 1.34. The summed E-state index contributed by atoms with van der Waals surface area (Å²) in [6, 6.07) is 8.98. The van der Waals surface area contributed by atoms with Crippen molar-refractivity contribution in [3.8, 4) is 11.5 Å². The fourth-order valence-corrected chi connectivity index (χ4v) is 1.79. The Labute approximate surface area is 136 Å². The lowest BCUT2D eigenvalue weighted by Crippen LogP contribution is -2.24. The first-order valence-electron chi connectivity index (χ1n) is 6.74. The monoisotopic (exact) mass is 331 g/mol. The molecule has 2 aromatic carbocycles. The Bertz CT molecular complexity index is 793. The number of nitrogens with one attached hydrogen (secondary N) is 1. The molecule has 0 bridgehead atoms. The molecular weight excluding hydrogens is 317 g/mol. The van der Waals surface area contributed by atoms with E-state index < -0.39 is 17.8 Å². The molecule has 0 aliphatic carbocycles. The van der Waals surface area contributed by atoms with E-state index in [4.69, 9.17) is 15.2 Å². The second-order valence-electron chi connectivity index (χ2n) is 4.54. The van der Waals surface area contributed by atoms with E-state index >= 15 is 0 Å². The number of hydrazone groups is 1. The molecule has 3 N–H and O–H groups in total. The Morgan fingerprint density at radius 3 is 2.67 bits per heavy atom. The summed E-state index contributed by atoms with van der Waals surface area (Å²) in [5.74, 6) is -0.830. The molecule has 0 unspecified atom stereocenters. The van der Waals surface area contributed by atoms with Gasteiger partial charge in [-0.25, -0.2) is 19.4 Å². The van der Waals surface area contributed by atoms with Crippen LogP contribution in [0.25, 0.3) is 0 Å². The standard InChI is InChI=1S/C16H14FN3O4/c1-23-14-7-10(9-19-20-16(18)22)5-6-13(14)24-15(21)11-3-2-4-12(17)8-11/h2-9H,1H3,(H3,18,20,22)/b19-9-. The van der Waals surface area contributed by atoms with E-state index in [2.05, 4.69) is 10.5 Å². The number of amides is 2. The number of rotatable bonds is 5. The van der Waals surface area contributed by atoms with Crippen molar-refractivity contribution in [2.75, 3.05) is 7.11 Å². The molecule has 24 heavy (non-hydrogen) atoms. The van der Waals surface area contributed by atoms with Crippen LogP contribution in [0.4, 0.5) is 9.18 Å². The average Bonchev–Trinajstić information content (AvgIpc) is 2.55. The minimum atomic E-state index is -0.793. The van der Waals surface area contributed by atoms with Crippen molar-refractivity contribution in [1.82, 2.24) is 5.43 Å². The summed E-state index contributed by atoms with van der Waals surface area (Å²) < 4.78 is 23.5. The quantitative estimate of drug-likeness (QED) is 0.379. The highest BCUT2D eigenvalue weighted by molar-refractivity contribution is 5.91. The zero-order valence-corrected chi connectivity index (χ0v) is 12.7. The summed E-state index contributed by atoms with van der Waals surface area (Å²) in [4.78, 5) is 22.6. The predicted molar refractivity (Wildman–Crippen MR) is 84.7 cm³/mol. The first kappa shape index (κ1) is 16.9. The third-order valence-electron chi connectivity index (χ3n) is 2.84. The Morgan fingerprint density at radius 1 is 1.21 bits per heavy atom. The van der Waals surface area contributed by atoms with Gasteiger partial charge in [0.1, 0.15) is 5.82 Å². The van der Waals surface area contributed by atoms with Gasteiger partial charge in [0.15, 0.2) is 11.5 Å². The molecule has 0 atom stereocenters. The maximum absolute atomic E-state index is 13.2. The van der Waals surface area contributed by atoms with Crippen LogP contribution in [-0.4, -0.2) is 25.3 Å². The minimum Gasteiger partial charge on any atom is -0.493 e. The van der Waals surface area contributed by atoms with Gasteiger partial charge < -0.3 is 15.2 Å². The molecule has 0 aromatic heterocycles. The second-order valence-corrected chi connectivity index (χ2v) is 4.54. The molecule has 124 valence electrons. The number of hydrogen-bond acceptors (Lipinski definition) is 5. The van der Waals surface area contributed by atoms with Crippen LogP contribution in [0.5, 0.6) is 11.5 Å². The largest absolute Gasteiger partial charge is 0.493 e. The summed E-state index contributed by atoms with van der Waals surface area (Å²) in [5.41, 5.74) is 7.59. The summed E-state index contributed by atoms with van der Waals surface area (Å²) in [6.45, 7) is 0. The van der Waals surface area contributed by atoms with Crippen LogP contribution in [0.3, 0.4) is 0 Å². The number of nitrogens with zero attached hydrogens (tertiary/aromatic N) is 1. The molecule has 0 radical (unpaired) electrons. The number of methoxy groups -OCH3 is 1. The number of esters is 1. The van der Waals surface area contributed by atoms with Crippen molar-refractivity contribution in [2.24, 2.45) is 10.8 Å². The highest BCUT2D eigenvalue weighted by atomic mass is 19.1. The number of hydrogen-bond donors (Lipinski definition) is 2. The zero-order valence-electron chi connectivity index (χ0n) is 12.7. The van der Waals surface area contributed by atoms with Gasteiger partial charge in [-0.15, -0.1) is 0 Å². The molecule has 8 heteroatoms. The van der Waals surface area contributed by atoms with Gasteiger partial charge in [0, 0.05) is 0 Å². The molecule has 0 saturated heterocycles. The number of ether oxygens (including phenoxy) is 2. The molecule has 7 nitrogen and oxygen atoms in total. The van der Waals surface area contributed by atoms with Gasteiger partial charge in [-0.1, -0.05) is 6.07 Å². The fourth-order valence-electron chi connectivity index (χ4n) is 1.79. The maximum Gasteiger partial charge on any atom is 0.343 e. The smallest absolute Gasteiger partial charge is 0.343 e. The molecule has 0 heterocycles. The van der Waals surface area contributed by atoms with Crippen LogP contribution in [-0.2, 0) is 0 Å². The van der Waals surface area contributed by atoms with Gasteiger partial charge in [0.25, 0.3) is 0 Å². The van der Waals surface area contributed by atoms with Crippen molar-refractivity contribution in [2.45, 2.75) is 0 Å². The van der Waals surface area contributed by atoms with E-state index in [1.807, 2.05) is 0 Å². The summed E-state index contributed by atoms with van der Waals surface area (Å²) in [5, 5.41) is 3.61. The van der Waals surface area contributed by atoms with Crippen molar-refractivity contribution >= 4 is 18.2 Å². The van der Waals surface area contributed by atoms with Crippen LogP contribution in [0, 0.1) is 5.82 Å². The third-order valence-corrected chi connectivity index (χ3v) is 2.84. The molecule has 0 aliphatic rings. The normalized spacial score (nSPS) is 10.4. The van der Waals surface area contributed by atoms with Crippen LogP contribution in [0.1, 0.15) is 15.9 Å². The topological polar surface area (TPSA) is 103 Å². The Hall–Kier alpha value is -3.42. The minimum absolute atomic E-state index is 0.0772. The lowest BCUT2D eigenvalue weighted by molar-refractivity contribution is 0.0729. The zero-order chi connectivity index (χ0) is 17.5. The average molecular weight is 331 g/mol. The first-order valence-corrected chi connectivity index (χ1v) is 6.74. The lowest BCUT2D eigenvalue weighted by atomic mass is 10.2. The maximum atomic E-state index is 13.2. The Kier molecular flexibility index (Phi) is 5.45. The van der Waals surface area contributed by atoms with Gasteiger partial charge in [-0.3, -0.25) is 0 Å². The van der Waals surface area contributed by atoms with E-state index in [0.29, 0.717) is 5.56 Å². The van der Waals surface area contributed by atoms with Crippen molar-refractivity contribution < 1.29 is 23.5 Å². The number of carbonyl (C=O) groups is 2. The molecule has 2 aromatic rings. The van der Waals surface area contributed by atoms with E-state index in [0.717, 1.165) is 6.07 Å². The molecular formula is C16H14FN3O4. The van der Waals surface area contributed by atoms with Gasteiger partial charge in [-0.05, 0) is 42.0 Å². The van der Waals surface area contributed by atoms with Crippen molar-refractivity contribution in [3.05, 3.63) is 59.4 Å². The highest BCUT2D eigenvalue weighted by Gasteiger charge is 2.13. The molecule has 0 spiro atoms. The number of halogens is 1. The lowest BCUT2D eigenvalue weighted by Gasteiger charge is -2.10. The van der Waals surface area contributed by atoms with Crippen LogP contribution < -0.4 is 20.6 Å². The van der Waals surface area contributed by atoms with E-state index in [9.17, 15) is 14.0 Å². The van der Waals surface area contributed by atoms with E-state index in [1.165, 1.54) is 37.6 Å². The number of carbonyl (C=O) groups excluding carboxylic acids is 2. The number of nitrogens with two attached hydrogens (primary N) is 1. The van der Waals surface area contributed by atoms with Crippen LogP contribution in [0.2, 0.25) is 0 Å². The molecule has 0 fully saturated rings. The molecule has 0 aliphatic heterocycles. The highest BCUT2D eigenvalue weighted by Crippen LogP contribution is 2.28. The Morgan fingerprint density at radius 2 is 2.00 bits per heavy atom. The van der Waals surface area contributed by atoms with Gasteiger partial charge >= 0.3 is 12.0 Å². The van der Waals surface area contributed by atoms with Crippen molar-refractivity contribution in [1.29, 1.82) is 0 Å². The SMILES string of the molecule is COc1cc(/C=N\NC(N)=O)ccc1OC(=O)c1cccc(F)c1. The number of primary amides is 1.